The maximum atomic E-state index is 13.7. The van der Waals surface area contributed by atoms with Crippen LogP contribution < -0.4 is 5.32 Å². The summed E-state index contributed by atoms with van der Waals surface area (Å²) in [4.78, 5) is 24.4. The molecule has 2 N–H and O–H groups in total. The van der Waals surface area contributed by atoms with E-state index in [1.165, 1.54) is 18.2 Å². The molecule has 1 amide bonds. The highest BCUT2D eigenvalue weighted by Crippen LogP contribution is 2.18. The van der Waals surface area contributed by atoms with E-state index in [-0.39, 0.29) is 12.2 Å². The van der Waals surface area contributed by atoms with Crippen molar-refractivity contribution >= 4 is 11.9 Å². The molecule has 0 aliphatic rings. The van der Waals surface area contributed by atoms with Crippen molar-refractivity contribution in [2.75, 3.05) is 6.61 Å². The second-order valence-corrected chi connectivity index (χ2v) is 5.04. The van der Waals surface area contributed by atoms with E-state index in [1.54, 1.807) is 37.3 Å². The van der Waals surface area contributed by atoms with Crippen molar-refractivity contribution in [2.45, 2.75) is 19.1 Å². The molecule has 126 valence electrons. The molecule has 6 heteroatoms. The Bertz CT molecular complexity index is 705. The van der Waals surface area contributed by atoms with Crippen LogP contribution in [0.2, 0.25) is 0 Å². The molecular weight excluding hydrogens is 313 g/mol. The highest BCUT2D eigenvalue weighted by molar-refractivity contribution is 5.97. The van der Waals surface area contributed by atoms with Gasteiger partial charge in [0.1, 0.15) is 11.9 Å². The highest BCUT2D eigenvalue weighted by Gasteiger charge is 2.31. The molecule has 0 bridgehead atoms. The van der Waals surface area contributed by atoms with Crippen LogP contribution in [-0.2, 0) is 9.53 Å². The summed E-state index contributed by atoms with van der Waals surface area (Å²) in [6.45, 7) is 1.70. The molecule has 0 spiro atoms. The largest absolute Gasteiger partial charge is 0.464 e. The average Bonchev–Trinajstić information content (AvgIpc) is 2.60. The van der Waals surface area contributed by atoms with Crippen LogP contribution in [0.1, 0.15) is 28.9 Å². The maximum absolute atomic E-state index is 13.7. The predicted molar refractivity (Wildman–Crippen MR) is 85.7 cm³/mol. The summed E-state index contributed by atoms with van der Waals surface area (Å²) in [7, 11) is 0. The minimum atomic E-state index is -1.35. The van der Waals surface area contributed by atoms with Gasteiger partial charge in [-0.2, -0.15) is 0 Å². The van der Waals surface area contributed by atoms with Gasteiger partial charge in [-0.1, -0.05) is 42.5 Å². The Morgan fingerprint density at radius 1 is 1.12 bits per heavy atom. The van der Waals surface area contributed by atoms with Crippen molar-refractivity contribution in [3.8, 4) is 0 Å². The van der Waals surface area contributed by atoms with Gasteiger partial charge in [-0.25, -0.2) is 9.18 Å². The van der Waals surface area contributed by atoms with Crippen LogP contribution in [0.5, 0.6) is 0 Å². The van der Waals surface area contributed by atoms with E-state index in [9.17, 15) is 19.1 Å². The van der Waals surface area contributed by atoms with Crippen LogP contribution in [-0.4, -0.2) is 29.6 Å². The number of aliphatic hydroxyl groups is 1. The quantitative estimate of drug-likeness (QED) is 0.796. The summed E-state index contributed by atoms with van der Waals surface area (Å²) in [5.74, 6) is -2.31. The van der Waals surface area contributed by atoms with Gasteiger partial charge in [0.2, 0.25) is 0 Å². The third-order valence-electron chi connectivity index (χ3n) is 3.40. The molecule has 2 atom stereocenters. The van der Waals surface area contributed by atoms with E-state index in [1.807, 2.05) is 0 Å². The Morgan fingerprint density at radius 3 is 2.38 bits per heavy atom. The molecule has 0 aliphatic carbocycles. The van der Waals surface area contributed by atoms with Crippen molar-refractivity contribution in [3.63, 3.8) is 0 Å². The zero-order valence-corrected chi connectivity index (χ0v) is 13.1. The van der Waals surface area contributed by atoms with E-state index in [0.717, 1.165) is 6.07 Å². The maximum Gasteiger partial charge on any atom is 0.331 e. The van der Waals surface area contributed by atoms with E-state index in [2.05, 4.69) is 5.32 Å². The SMILES string of the molecule is CCOC(=O)C(NC(=O)c1ccccc1F)C(O)c1ccccc1. The molecule has 5 nitrogen and oxygen atoms in total. The Hall–Kier alpha value is -2.73. The molecule has 0 radical (unpaired) electrons. The lowest BCUT2D eigenvalue weighted by Gasteiger charge is -2.23. The fourth-order valence-electron chi connectivity index (χ4n) is 2.21. The van der Waals surface area contributed by atoms with Gasteiger partial charge in [-0.05, 0) is 24.6 Å². The first kappa shape index (κ1) is 17.6. The van der Waals surface area contributed by atoms with Crippen LogP contribution in [0.25, 0.3) is 0 Å². The average molecular weight is 331 g/mol. The van der Waals surface area contributed by atoms with Crippen molar-refractivity contribution in [1.29, 1.82) is 0 Å². The lowest BCUT2D eigenvalue weighted by Crippen LogP contribution is -2.46. The first-order valence-corrected chi connectivity index (χ1v) is 7.49. The Balaban J connectivity index is 2.25. The number of hydrogen-bond acceptors (Lipinski definition) is 4. The molecule has 0 aliphatic heterocycles. The lowest BCUT2D eigenvalue weighted by atomic mass is 10.0. The number of halogens is 1. The second-order valence-electron chi connectivity index (χ2n) is 5.04. The fourth-order valence-corrected chi connectivity index (χ4v) is 2.21. The third kappa shape index (κ3) is 4.17. The molecule has 0 saturated carbocycles. The molecule has 0 saturated heterocycles. The molecule has 2 unspecified atom stereocenters. The van der Waals surface area contributed by atoms with E-state index < -0.39 is 29.8 Å². The molecule has 0 aromatic heterocycles. The Labute approximate surface area is 139 Å². The van der Waals surface area contributed by atoms with Gasteiger partial charge >= 0.3 is 5.97 Å². The number of carbonyl (C=O) groups is 2. The van der Waals surface area contributed by atoms with Crippen molar-refractivity contribution in [1.82, 2.24) is 5.32 Å². The zero-order valence-electron chi connectivity index (χ0n) is 13.1. The first-order chi connectivity index (χ1) is 11.5. The number of amides is 1. The number of hydrogen-bond donors (Lipinski definition) is 2. The van der Waals surface area contributed by atoms with Gasteiger partial charge in [-0.3, -0.25) is 4.79 Å². The minimum absolute atomic E-state index is 0.0897. The van der Waals surface area contributed by atoms with Gasteiger partial charge < -0.3 is 15.2 Å². The van der Waals surface area contributed by atoms with Gasteiger partial charge in [0.05, 0.1) is 12.2 Å². The number of rotatable bonds is 6. The third-order valence-corrected chi connectivity index (χ3v) is 3.40. The number of esters is 1. The summed E-state index contributed by atoms with van der Waals surface area (Å²) in [6, 6.07) is 12.4. The number of nitrogens with one attached hydrogen (secondary N) is 1. The number of aliphatic hydroxyl groups excluding tert-OH is 1. The number of carbonyl (C=O) groups excluding carboxylic acids is 2. The molecule has 2 aromatic carbocycles. The van der Waals surface area contributed by atoms with Crippen molar-refractivity contribution < 1.29 is 23.8 Å². The fraction of sp³-hybridized carbons (Fsp3) is 0.222. The summed E-state index contributed by atoms with van der Waals surface area (Å²) in [6.07, 6.45) is -1.32. The Kier molecular flexibility index (Phi) is 6.03. The van der Waals surface area contributed by atoms with Crippen molar-refractivity contribution in [2.24, 2.45) is 0 Å². The van der Waals surface area contributed by atoms with Gasteiger partial charge in [0.15, 0.2) is 6.04 Å². The summed E-state index contributed by atoms with van der Waals surface area (Å²) < 4.78 is 18.6. The molecule has 2 aromatic rings. The molecule has 0 heterocycles. The molecular formula is C18H18FNO4. The molecule has 0 fully saturated rings. The summed E-state index contributed by atoms with van der Waals surface area (Å²) in [5.41, 5.74) is 0.219. The lowest BCUT2D eigenvalue weighted by molar-refractivity contribution is -0.148. The topological polar surface area (TPSA) is 75.6 Å². The van der Waals surface area contributed by atoms with Crippen LogP contribution in [0.4, 0.5) is 4.39 Å². The number of ether oxygens (including phenoxy) is 1. The van der Waals surface area contributed by atoms with E-state index >= 15 is 0 Å². The molecule has 2 rings (SSSR count). The first-order valence-electron chi connectivity index (χ1n) is 7.49. The van der Waals surface area contributed by atoms with Crippen LogP contribution in [0, 0.1) is 5.82 Å². The van der Waals surface area contributed by atoms with Gasteiger partial charge in [0, 0.05) is 0 Å². The Morgan fingerprint density at radius 2 is 1.75 bits per heavy atom. The van der Waals surface area contributed by atoms with Crippen LogP contribution in [0.15, 0.2) is 54.6 Å². The van der Waals surface area contributed by atoms with Crippen LogP contribution >= 0.6 is 0 Å². The zero-order chi connectivity index (χ0) is 17.5. The standard InChI is InChI=1S/C18H18FNO4/c1-2-24-18(23)15(16(21)12-8-4-3-5-9-12)20-17(22)13-10-6-7-11-14(13)19/h3-11,15-16,21H,2H2,1H3,(H,20,22). The minimum Gasteiger partial charge on any atom is -0.464 e. The van der Waals surface area contributed by atoms with Gasteiger partial charge in [-0.15, -0.1) is 0 Å². The van der Waals surface area contributed by atoms with E-state index in [4.69, 9.17) is 4.74 Å². The molecule has 24 heavy (non-hydrogen) atoms. The van der Waals surface area contributed by atoms with Crippen molar-refractivity contribution in [3.05, 3.63) is 71.5 Å². The smallest absolute Gasteiger partial charge is 0.331 e. The van der Waals surface area contributed by atoms with Gasteiger partial charge in [0.25, 0.3) is 5.91 Å². The normalized spacial score (nSPS) is 13.0. The predicted octanol–water partition coefficient (Wildman–Crippen LogP) is 2.22. The highest BCUT2D eigenvalue weighted by atomic mass is 19.1. The second kappa shape index (κ2) is 8.21. The number of benzene rings is 2. The summed E-state index contributed by atoms with van der Waals surface area (Å²) in [5, 5.41) is 12.8. The van der Waals surface area contributed by atoms with Crippen LogP contribution in [0.3, 0.4) is 0 Å². The monoisotopic (exact) mass is 331 g/mol. The van der Waals surface area contributed by atoms with E-state index in [0.29, 0.717) is 5.56 Å². The summed E-state index contributed by atoms with van der Waals surface area (Å²) >= 11 is 0.